The van der Waals surface area contributed by atoms with E-state index in [0.717, 1.165) is 10.2 Å². The molecule has 0 nitrogen and oxygen atoms in total. The van der Waals surface area contributed by atoms with Crippen molar-refractivity contribution in [2.24, 2.45) is 0 Å². The normalized spacial score (nSPS) is 9.80. The quantitative estimate of drug-likeness (QED) is 0.683. The maximum atomic E-state index is 3.42. The van der Waals surface area contributed by atoms with Crippen molar-refractivity contribution in [2.75, 3.05) is 5.75 Å². The van der Waals surface area contributed by atoms with E-state index < -0.39 is 0 Å². The fraction of sp³-hybridized carbons (Fsp3) is 0.250. The standard InChI is InChI=1S/C8H8BrS/c1-2-10-8-6-4-3-5-7(8)9/h3-4,6H,2H2,1H3. The van der Waals surface area contributed by atoms with E-state index in [0.29, 0.717) is 0 Å². The summed E-state index contributed by atoms with van der Waals surface area (Å²) in [5.41, 5.74) is 0. The lowest BCUT2D eigenvalue weighted by atomic mass is 10.4. The Morgan fingerprint density at radius 3 is 3.10 bits per heavy atom. The zero-order valence-electron chi connectivity index (χ0n) is 5.73. The van der Waals surface area contributed by atoms with Crippen LogP contribution in [0.1, 0.15) is 6.92 Å². The van der Waals surface area contributed by atoms with Gasteiger partial charge in [0.05, 0.1) is 0 Å². The summed E-state index contributed by atoms with van der Waals surface area (Å²) in [6.45, 7) is 2.14. The first kappa shape index (κ1) is 8.15. The monoisotopic (exact) mass is 215 g/mol. The van der Waals surface area contributed by atoms with E-state index in [1.807, 2.05) is 23.9 Å². The van der Waals surface area contributed by atoms with Crippen LogP contribution < -0.4 is 0 Å². The predicted molar refractivity (Wildman–Crippen MR) is 49.4 cm³/mol. The lowest BCUT2D eigenvalue weighted by Gasteiger charge is -1.98. The van der Waals surface area contributed by atoms with Gasteiger partial charge < -0.3 is 0 Å². The molecule has 0 aliphatic rings. The minimum Gasteiger partial charge on any atom is -0.125 e. The highest BCUT2D eigenvalue weighted by molar-refractivity contribution is 9.10. The summed E-state index contributed by atoms with van der Waals surface area (Å²) in [6, 6.07) is 9.08. The van der Waals surface area contributed by atoms with Crippen molar-refractivity contribution >= 4 is 27.7 Å². The van der Waals surface area contributed by atoms with Crippen LogP contribution in [-0.4, -0.2) is 5.75 Å². The van der Waals surface area contributed by atoms with Gasteiger partial charge in [-0.2, -0.15) is 0 Å². The van der Waals surface area contributed by atoms with Crippen molar-refractivity contribution in [3.63, 3.8) is 0 Å². The average Bonchev–Trinajstić information content (AvgIpc) is 1.94. The third kappa shape index (κ3) is 2.03. The van der Waals surface area contributed by atoms with Crippen molar-refractivity contribution in [1.82, 2.24) is 0 Å². The van der Waals surface area contributed by atoms with Crippen LogP contribution in [0.3, 0.4) is 0 Å². The molecule has 0 amide bonds. The molecule has 1 radical (unpaired) electrons. The molecule has 0 heterocycles. The Kier molecular flexibility index (Phi) is 3.29. The first-order chi connectivity index (χ1) is 4.84. The molecule has 2 heteroatoms. The Hall–Kier alpha value is 0.0500. The van der Waals surface area contributed by atoms with Crippen molar-refractivity contribution in [3.05, 3.63) is 28.7 Å². The highest BCUT2D eigenvalue weighted by Gasteiger charge is 1.95. The molecule has 0 aromatic heterocycles. The van der Waals surface area contributed by atoms with Gasteiger partial charge in [0.25, 0.3) is 0 Å². The molecular formula is C8H8BrS. The van der Waals surface area contributed by atoms with E-state index >= 15 is 0 Å². The van der Waals surface area contributed by atoms with E-state index in [4.69, 9.17) is 0 Å². The zero-order chi connectivity index (χ0) is 7.40. The molecule has 0 atom stereocenters. The van der Waals surface area contributed by atoms with Crippen molar-refractivity contribution < 1.29 is 0 Å². The first-order valence-electron chi connectivity index (χ1n) is 3.13. The number of hydrogen-bond acceptors (Lipinski definition) is 1. The fourth-order valence-electron chi connectivity index (χ4n) is 0.668. The third-order valence-electron chi connectivity index (χ3n) is 1.07. The van der Waals surface area contributed by atoms with Crippen LogP contribution in [-0.2, 0) is 0 Å². The summed E-state index contributed by atoms with van der Waals surface area (Å²) >= 11 is 5.24. The summed E-state index contributed by atoms with van der Waals surface area (Å²) < 4.78 is 1.07. The summed E-state index contributed by atoms with van der Waals surface area (Å²) in [6.07, 6.45) is 0. The van der Waals surface area contributed by atoms with Gasteiger partial charge in [0.2, 0.25) is 0 Å². The van der Waals surface area contributed by atoms with Gasteiger partial charge in [0.1, 0.15) is 0 Å². The van der Waals surface area contributed by atoms with Gasteiger partial charge >= 0.3 is 0 Å². The predicted octanol–water partition coefficient (Wildman–Crippen LogP) is 3.36. The van der Waals surface area contributed by atoms with Gasteiger partial charge in [-0.15, -0.1) is 11.8 Å². The van der Waals surface area contributed by atoms with Crippen LogP contribution in [0.2, 0.25) is 0 Å². The smallest absolute Gasteiger partial charge is 0.0390 e. The van der Waals surface area contributed by atoms with Crippen LogP contribution >= 0.6 is 27.7 Å². The lowest BCUT2D eigenvalue weighted by Crippen LogP contribution is -1.73. The van der Waals surface area contributed by atoms with Crippen LogP contribution in [0.25, 0.3) is 0 Å². The van der Waals surface area contributed by atoms with Crippen LogP contribution in [0, 0.1) is 6.07 Å². The van der Waals surface area contributed by atoms with Crippen LogP contribution in [0.5, 0.6) is 0 Å². The van der Waals surface area contributed by atoms with E-state index in [9.17, 15) is 0 Å². The first-order valence-corrected chi connectivity index (χ1v) is 4.91. The molecule has 53 valence electrons. The molecule has 0 saturated heterocycles. The molecule has 0 spiro atoms. The molecule has 0 saturated carbocycles. The molecule has 0 aliphatic carbocycles. The molecule has 0 unspecified atom stereocenters. The van der Waals surface area contributed by atoms with Gasteiger partial charge in [-0.3, -0.25) is 0 Å². The molecule has 10 heavy (non-hydrogen) atoms. The summed E-state index contributed by atoms with van der Waals surface area (Å²) in [5.74, 6) is 1.11. The number of hydrogen-bond donors (Lipinski definition) is 0. The summed E-state index contributed by atoms with van der Waals surface area (Å²) in [4.78, 5) is 1.27. The van der Waals surface area contributed by atoms with E-state index in [1.54, 1.807) is 0 Å². The molecule has 1 aromatic rings. The second kappa shape index (κ2) is 4.04. The van der Waals surface area contributed by atoms with Gasteiger partial charge in [-0.25, -0.2) is 0 Å². The maximum absolute atomic E-state index is 3.42. The third-order valence-corrected chi connectivity index (χ3v) is 2.93. The summed E-state index contributed by atoms with van der Waals surface area (Å²) in [7, 11) is 0. The summed E-state index contributed by atoms with van der Waals surface area (Å²) in [5, 5.41) is 0. The number of rotatable bonds is 2. The minimum absolute atomic E-state index is 1.07. The Morgan fingerprint density at radius 2 is 2.50 bits per heavy atom. The van der Waals surface area contributed by atoms with E-state index in [-0.39, 0.29) is 0 Å². The van der Waals surface area contributed by atoms with Gasteiger partial charge in [-0.05, 0) is 33.8 Å². The van der Waals surface area contributed by atoms with Crippen LogP contribution in [0.4, 0.5) is 0 Å². The average molecular weight is 216 g/mol. The second-order valence-electron chi connectivity index (χ2n) is 1.78. The Balaban J connectivity index is 2.81. The number of benzene rings is 1. The molecule has 0 aliphatic heterocycles. The molecule has 0 fully saturated rings. The van der Waals surface area contributed by atoms with Crippen LogP contribution in [0.15, 0.2) is 27.6 Å². The highest BCUT2D eigenvalue weighted by atomic mass is 79.9. The van der Waals surface area contributed by atoms with Crippen molar-refractivity contribution in [3.8, 4) is 0 Å². The SMILES string of the molecule is CCSc1ccc[c]c1Br. The van der Waals surface area contributed by atoms with Gasteiger partial charge in [0, 0.05) is 9.37 Å². The largest absolute Gasteiger partial charge is 0.125 e. The Bertz CT molecular complexity index is 210. The maximum Gasteiger partial charge on any atom is 0.0390 e. The second-order valence-corrected chi connectivity index (χ2v) is 3.88. The van der Waals surface area contributed by atoms with E-state index in [2.05, 4.69) is 35.0 Å². The highest BCUT2D eigenvalue weighted by Crippen LogP contribution is 2.25. The van der Waals surface area contributed by atoms with E-state index in [1.165, 1.54) is 4.90 Å². The Morgan fingerprint density at radius 1 is 1.70 bits per heavy atom. The number of thioether (sulfide) groups is 1. The molecule has 1 rings (SSSR count). The number of halogens is 1. The minimum atomic E-state index is 1.07. The molecule has 0 bridgehead atoms. The van der Waals surface area contributed by atoms with Gasteiger partial charge in [0.15, 0.2) is 0 Å². The zero-order valence-corrected chi connectivity index (χ0v) is 8.13. The lowest BCUT2D eigenvalue weighted by molar-refractivity contribution is 1.38. The molecule has 1 aromatic carbocycles. The molecular weight excluding hydrogens is 208 g/mol. The van der Waals surface area contributed by atoms with Gasteiger partial charge in [-0.1, -0.05) is 19.1 Å². The van der Waals surface area contributed by atoms with Crippen molar-refractivity contribution in [2.45, 2.75) is 11.8 Å². The van der Waals surface area contributed by atoms with Crippen molar-refractivity contribution in [1.29, 1.82) is 0 Å². The Labute approximate surface area is 74.2 Å². The topological polar surface area (TPSA) is 0 Å². The fourth-order valence-corrected chi connectivity index (χ4v) is 1.95. The molecule has 0 N–H and O–H groups in total.